The van der Waals surface area contributed by atoms with Gasteiger partial charge in [-0.25, -0.2) is 9.38 Å². The molecule has 0 aliphatic carbocycles. The van der Waals surface area contributed by atoms with E-state index in [1.54, 1.807) is 23.9 Å². The summed E-state index contributed by atoms with van der Waals surface area (Å²) in [5, 5.41) is 1.03. The Bertz CT molecular complexity index is 548. The van der Waals surface area contributed by atoms with Crippen molar-refractivity contribution in [3.05, 3.63) is 46.4 Å². The summed E-state index contributed by atoms with van der Waals surface area (Å²) in [6.45, 7) is 0.899. The van der Waals surface area contributed by atoms with Crippen molar-refractivity contribution in [2.45, 2.75) is 25.9 Å². The Kier molecular flexibility index (Phi) is 6.54. The molecule has 0 atom stereocenters. The maximum Gasteiger partial charge on any atom is 0.158 e. The Hall–Kier alpha value is -1.04. The third-order valence-electron chi connectivity index (χ3n) is 3.09. The lowest BCUT2D eigenvalue weighted by Gasteiger charge is -2.10. The Morgan fingerprint density at radius 3 is 2.95 bits per heavy atom. The number of unbranched alkanes of at least 4 members (excludes halogenated alkanes) is 1. The Morgan fingerprint density at radius 1 is 1.38 bits per heavy atom. The van der Waals surface area contributed by atoms with Gasteiger partial charge in [0.25, 0.3) is 0 Å². The van der Waals surface area contributed by atoms with Gasteiger partial charge in [0.05, 0.1) is 6.61 Å². The number of nitrogens with zero attached hydrogens (tertiary/aromatic N) is 1. The van der Waals surface area contributed by atoms with E-state index in [1.165, 1.54) is 11.6 Å². The average molecular weight is 329 g/mol. The third kappa shape index (κ3) is 5.69. The van der Waals surface area contributed by atoms with Gasteiger partial charge in [0.15, 0.2) is 5.17 Å². The van der Waals surface area contributed by atoms with Crippen molar-refractivity contribution in [3.8, 4) is 0 Å². The van der Waals surface area contributed by atoms with Crippen molar-refractivity contribution in [3.63, 3.8) is 0 Å². The summed E-state index contributed by atoms with van der Waals surface area (Å²) in [5.74, 6) is 0.606. The summed E-state index contributed by atoms with van der Waals surface area (Å²) in [5.41, 5.74) is 7.42. The van der Waals surface area contributed by atoms with Crippen molar-refractivity contribution in [2.24, 2.45) is 10.7 Å². The molecule has 1 aliphatic rings. The predicted octanol–water partition coefficient (Wildman–Crippen LogP) is 4.11. The smallest absolute Gasteiger partial charge is 0.158 e. The van der Waals surface area contributed by atoms with Crippen molar-refractivity contribution in [1.82, 2.24) is 0 Å². The summed E-state index contributed by atoms with van der Waals surface area (Å²) in [4.78, 5) is 4.09. The van der Waals surface area contributed by atoms with Gasteiger partial charge in [0.1, 0.15) is 5.82 Å². The molecule has 0 spiro atoms. The Balaban J connectivity index is 1.60. The van der Waals surface area contributed by atoms with E-state index in [4.69, 9.17) is 22.1 Å². The Labute approximate surface area is 133 Å². The largest absolute Gasteiger partial charge is 0.378 e. The van der Waals surface area contributed by atoms with Crippen LogP contribution in [0.1, 0.15) is 24.8 Å². The van der Waals surface area contributed by atoms with Gasteiger partial charge in [0, 0.05) is 29.1 Å². The van der Waals surface area contributed by atoms with Gasteiger partial charge < -0.3 is 10.5 Å². The summed E-state index contributed by atoms with van der Waals surface area (Å²) in [7, 11) is 0. The van der Waals surface area contributed by atoms with Crippen molar-refractivity contribution < 1.29 is 9.13 Å². The van der Waals surface area contributed by atoms with Gasteiger partial charge in [-0.2, -0.15) is 0 Å². The maximum atomic E-state index is 13.5. The molecule has 1 aromatic carbocycles. The molecule has 0 amide bonds. The van der Waals surface area contributed by atoms with Gasteiger partial charge >= 0.3 is 0 Å². The number of hydrogen-bond donors (Lipinski definition) is 1. The fourth-order valence-electron chi connectivity index (χ4n) is 1.91. The first-order valence-electron chi connectivity index (χ1n) is 6.81. The minimum absolute atomic E-state index is 0.280. The van der Waals surface area contributed by atoms with Crippen LogP contribution in [0.5, 0.6) is 0 Å². The van der Waals surface area contributed by atoms with Crippen LogP contribution in [0.25, 0.3) is 0 Å². The first-order chi connectivity index (χ1) is 10.1. The number of ether oxygens (including phenoxy) is 1. The minimum Gasteiger partial charge on any atom is -0.378 e. The van der Waals surface area contributed by atoms with Crippen LogP contribution in [0.15, 0.2) is 35.0 Å². The number of halogens is 2. The number of amidine groups is 1. The van der Waals surface area contributed by atoms with Crippen LogP contribution in [0.2, 0.25) is 5.02 Å². The third-order valence-corrected chi connectivity index (χ3v) is 4.24. The topological polar surface area (TPSA) is 47.6 Å². The zero-order valence-electron chi connectivity index (χ0n) is 11.6. The van der Waals surface area contributed by atoms with Gasteiger partial charge in [0.2, 0.25) is 0 Å². The zero-order chi connectivity index (χ0) is 15.1. The quantitative estimate of drug-likeness (QED) is 0.766. The molecule has 0 saturated carbocycles. The summed E-state index contributed by atoms with van der Waals surface area (Å²) in [6.07, 6.45) is 4.83. The van der Waals surface area contributed by atoms with Gasteiger partial charge in [-0.15, -0.1) is 0 Å². The van der Waals surface area contributed by atoms with Crippen LogP contribution in [0.3, 0.4) is 0 Å². The van der Waals surface area contributed by atoms with Crippen LogP contribution < -0.4 is 5.73 Å². The molecule has 0 bridgehead atoms. The minimum atomic E-state index is -0.317. The second-order valence-electron chi connectivity index (χ2n) is 4.79. The van der Waals surface area contributed by atoms with Crippen molar-refractivity contribution in [1.29, 1.82) is 0 Å². The first kappa shape index (κ1) is 16.3. The lowest BCUT2D eigenvalue weighted by Crippen LogP contribution is -2.10. The van der Waals surface area contributed by atoms with Crippen molar-refractivity contribution in [2.75, 3.05) is 12.4 Å². The lowest BCUT2D eigenvalue weighted by molar-refractivity contribution is 0.115. The van der Waals surface area contributed by atoms with Crippen molar-refractivity contribution >= 4 is 28.5 Å². The highest BCUT2D eigenvalue weighted by Gasteiger charge is 2.06. The lowest BCUT2D eigenvalue weighted by atomic mass is 10.1. The van der Waals surface area contributed by atoms with E-state index in [9.17, 15) is 4.39 Å². The molecule has 3 nitrogen and oxygen atoms in total. The van der Waals surface area contributed by atoms with E-state index in [1.807, 2.05) is 6.20 Å². The molecule has 0 fully saturated rings. The predicted molar refractivity (Wildman–Crippen MR) is 87.1 cm³/mol. The standard InChI is InChI=1S/C15H18ClFN2OS/c16-13-5-4-12(14(17)7-13)9-20-6-2-1-3-11-8-19-15(18)21-10-11/h4-5,7-8H,1-3,6,9-10H2,(H2,18,19). The first-order valence-corrected chi connectivity index (χ1v) is 8.17. The number of nitrogens with two attached hydrogens (primary N) is 1. The molecule has 21 heavy (non-hydrogen) atoms. The second kappa shape index (κ2) is 8.41. The second-order valence-corrected chi connectivity index (χ2v) is 6.22. The fourth-order valence-corrected chi connectivity index (χ4v) is 2.75. The maximum absolute atomic E-state index is 13.5. The van der Waals surface area contributed by atoms with Crippen LogP contribution >= 0.6 is 23.4 Å². The molecule has 0 unspecified atom stereocenters. The molecule has 114 valence electrons. The van der Waals surface area contributed by atoms with E-state index in [0.29, 0.717) is 22.4 Å². The molecule has 1 aromatic rings. The molecule has 0 radical (unpaired) electrons. The molecule has 2 N–H and O–H groups in total. The monoisotopic (exact) mass is 328 g/mol. The summed E-state index contributed by atoms with van der Waals surface area (Å²) < 4.78 is 19.0. The molecular formula is C15H18ClFN2OS. The molecule has 0 aromatic heterocycles. The van der Waals surface area contributed by atoms with Crippen LogP contribution in [0, 0.1) is 5.82 Å². The highest BCUT2D eigenvalue weighted by Crippen LogP contribution is 2.19. The number of hydrogen-bond acceptors (Lipinski definition) is 4. The van der Waals surface area contributed by atoms with E-state index in [0.717, 1.165) is 25.0 Å². The number of benzene rings is 1. The molecule has 6 heteroatoms. The molecule has 1 heterocycles. The van der Waals surface area contributed by atoms with Crippen LogP contribution in [-0.2, 0) is 11.3 Å². The zero-order valence-corrected chi connectivity index (χ0v) is 13.2. The molecular weight excluding hydrogens is 311 g/mol. The highest BCUT2D eigenvalue weighted by molar-refractivity contribution is 8.14. The number of aliphatic imine (C=N–C) groups is 1. The molecule has 0 saturated heterocycles. The van der Waals surface area contributed by atoms with E-state index >= 15 is 0 Å². The van der Waals surface area contributed by atoms with Gasteiger partial charge in [-0.1, -0.05) is 29.4 Å². The number of rotatable bonds is 7. The van der Waals surface area contributed by atoms with E-state index < -0.39 is 0 Å². The van der Waals surface area contributed by atoms with Gasteiger partial charge in [-0.05, 0) is 37.0 Å². The van der Waals surface area contributed by atoms with Gasteiger partial charge in [-0.3, -0.25) is 0 Å². The normalized spacial score (nSPS) is 14.8. The highest BCUT2D eigenvalue weighted by atomic mass is 35.5. The fraction of sp³-hybridized carbons (Fsp3) is 0.400. The summed E-state index contributed by atoms with van der Waals surface area (Å²) >= 11 is 7.27. The SMILES string of the molecule is NC1=NC=C(CCCCOCc2ccc(Cl)cc2F)CS1. The molecule has 2 rings (SSSR count). The van der Waals surface area contributed by atoms with E-state index in [2.05, 4.69) is 4.99 Å². The molecule has 1 aliphatic heterocycles. The average Bonchev–Trinajstić information content (AvgIpc) is 2.46. The summed E-state index contributed by atoms with van der Waals surface area (Å²) in [6, 6.07) is 4.63. The van der Waals surface area contributed by atoms with Crippen LogP contribution in [0.4, 0.5) is 4.39 Å². The van der Waals surface area contributed by atoms with Crippen LogP contribution in [-0.4, -0.2) is 17.5 Å². The number of thioether (sulfide) groups is 1. The van der Waals surface area contributed by atoms with E-state index in [-0.39, 0.29) is 12.4 Å². The Morgan fingerprint density at radius 2 is 2.24 bits per heavy atom.